The molecule has 0 amide bonds. The lowest BCUT2D eigenvalue weighted by atomic mass is 9.81. The molecule has 0 heterocycles. The Morgan fingerprint density at radius 2 is 1.61 bits per heavy atom. The lowest BCUT2D eigenvalue weighted by Crippen LogP contribution is -2.25. The molecule has 0 spiro atoms. The van der Waals surface area contributed by atoms with Crippen LogP contribution < -0.4 is 0 Å². The molecule has 152 valence electrons. The molecule has 28 heavy (non-hydrogen) atoms. The molecule has 5 heteroatoms. The SMILES string of the molecule is N#C/C=C/C1CCC(COC2CCC(c3ccc(C(F)(F)F)cc3)CC2)CC1. The standard InChI is InChI=1S/C23H28F3NO/c24-23(25,26)21-11-7-19(8-12-21)20-9-13-22(14-10-20)28-16-18-5-3-17(4-6-18)2-1-15-27/h1-2,7-8,11-12,17-18,20,22H,3-6,9-10,13-14,16H2/b2-1+. The van der Waals surface area contributed by atoms with Crippen LogP contribution in [0.1, 0.15) is 68.4 Å². The molecule has 2 nitrogen and oxygen atoms in total. The van der Waals surface area contributed by atoms with Crippen LogP contribution in [0.2, 0.25) is 0 Å². The maximum absolute atomic E-state index is 12.7. The van der Waals surface area contributed by atoms with E-state index in [1.807, 2.05) is 6.08 Å². The molecule has 0 aromatic heterocycles. The van der Waals surface area contributed by atoms with Crippen LogP contribution in [0.5, 0.6) is 0 Å². The van der Waals surface area contributed by atoms with Gasteiger partial charge in [-0.3, -0.25) is 0 Å². The van der Waals surface area contributed by atoms with Crippen molar-refractivity contribution in [2.24, 2.45) is 11.8 Å². The van der Waals surface area contributed by atoms with Crippen LogP contribution in [0.15, 0.2) is 36.4 Å². The lowest BCUT2D eigenvalue weighted by Gasteiger charge is -2.32. The lowest BCUT2D eigenvalue weighted by molar-refractivity contribution is -0.137. The molecule has 2 aliphatic carbocycles. The van der Waals surface area contributed by atoms with Crippen molar-refractivity contribution < 1.29 is 17.9 Å². The Labute approximate surface area is 165 Å². The molecule has 0 atom stereocenters. The fourth-order valence-corrected chi connectivity index (χ4v) is 4.51. The summed E-state index contributed by atoms with van der Waals surface area (Å²) in [5.41, 5.74) is 0.432. The second-order valence-electron chi connectivity index (χ2n) is 8.20. The van der Waals surface area contributed by atoms with Gasteiger partial charge in [-0.15, -0.1) is 0 Å². The highest BCUT2D eigenvalue weighted by Gasteiger charge is 2.31. The number of hydrogen-bond donors (Lipinski definition) is 0. The van der Waals surface area contributed by atoms with E-state index in [9.17, 15) is 13.2 Å². The minimum Gasteiger partial charge on any atom is -0.378 e. The number of hydrogen-bond acceptors (Lipinski definition) is 2. The van der Waals surface area contributed by atoms with Gasteiger partial charge in [-0.25, -0.2) is 0 Å². The Kier molecular flexibility index (Phi) is 7.18. The molecule has 2 fully saturated rings. The zero-order chi connectivity index (χ0) is 20.0. The fourth-order valence-electron chi connectivity index (χ4n) is 4.51. The smallest absolute Gasteiger partial charge is 0.378 e. The third-order valence-corrected chi connectivity index (χ3v) is 6.29. The first-order valence-electron chi connectivity index (χ1n) is 10.3. The van der Waals surface area contributed by atoms with Crippen molar-refractivity contribution in [2.45, 2.75) is 69.6 Å². The quantitative estimate of drug-likeness (QED) is 0.528. The third kappa shape index (κ3) is 5.85. The van der Waals surface area contributed by atoms with E-state index in [1.54, 1.807) is 18.2 Å². The number of nitriles is 1. The van der Waals surface area contributed by atoms with Gasteiger partial charge in [0, 0.05) is 12.7 Å². The predicted molar refractivity (Wildman–Crippen MR) is 103 cm³/mol. The molecule has 2 aliphatic rings. The summed E-state index contributed by atoms with van der Waals surface area (Å²) in [4.78, 5) is 0. The van der Waals surface area contributed by atoms with Crippen molar-refractivity contribution in [1.29, 1.82) is 5.26 Å². The molecule has 0 bridgehead atoms. The highest BCUT2D eigenvalue weighted by Crippen LogP contribution is 2.37. The normalized spacial score (nSPS) is 28.9. The number of alkyl halides is 3. The summed E-state index contributed by atoms with van der Waals surface area (Å²) in [7, 11) is 0. The Hall–Kier alpha value is -1.80. The highest BCUT2D eigenvalue weighted by molar-refractivity contribution is 5.27. The van der Waals surface area contributed by atoms with Gasteiger partial charge in [-0.2, -0.15) is 18.4 Å². The van der Waals surface area contributed by atoms with E-state index in [0.29, 0.717) is 17.8 Å². The number of rotatable bonds is 5. The van der Waals surface area contributed by atoms with E-state index in [2.05, 4.69) is 6.07 Å². The maximum Gasteiger partial charge on any atom is 0.416 e. The Morgan fingerprint density at radius 3 is 2.18 bits per heavy atom. The summed E-state index contributed by atoms with van der Waals surface area (Å²) in [6.45, 7) is 0.810. The largest absolute Gasteiger partial charge is 0.416 e. The van der Waals surface area contributed by atoms with Crippen molar-refractivity contribution in [3.8, 4) is 6.07 Å². The third-order valence-electron chi connectivity index (χ3n) is 6.29. The summed E-state index contributed by atoms with van der Waals surface area (Å²) in [5.74, 6) is 1.49. The first-order valence-corrected chi connectivity index (χ1v) is 10.3. The van der Waals surface area contributed by atoms with Crippen LogP contribution in [-0.4, -0.2) is 12.7 Å². The molecule has 1 aromatic carbocycles. The van der Waals surface area contributed by atoms with Gasteiger partial charge in [-0.1, -0.05) is 18.2 Å². The summed E-state index contributed by atoms with van der Waals surface area (Å²) in [5, 5.41) is 8.61. The predicted octanol–water partition coefficient (Wildman–Crippen LogP) is 6.63. The molecule has 0 saturated heterocycles. The number of halogens is 3. The first-order chi connectivity index (χ1) is 13.5. The van der Waals surface area contributed by atoms with Crippen molar-refractivity contribution >= 4 is 0 Å². The van der Waals surface area contributed by atoms with E-state index in [1.165, 1.54) is 12.1 Å². The fraction of sp³-hybridized carbons (Fsp3) is 0.609. The van der Waals surface area contributed by atoms with Gasteiger partial charge in [0.15, 0.2) is 0 Å². The van der Waals surface area contributed by atoms with Crippen LogP contribution in [0.4, 0.5) is 13.2 Å². The Morgan fingerprint density at radius 1 is 0.964 bits per heavy atom. The molecular weight excluding hydrogens is 363 g/mol. The Bertz CT molecular complexity index is 673. The van der Waals surface area contributed by atoms with Gasteiger partial charge in [0.1, 0.15) is 0 Å². The minimum atomic E-state index is -4.27. The van der Waals surface area contributed by atoms with E-state index >= 15 is 0 Å². The van der Waals surface area contributed by atoms with Gasteiger partial charge < -0.3 is 4.74 Å². The number of nitrogens with zero attached hydrogens (tertiary/aromatic N) is 1. The molecule has 3 rings (SSSR count). The molecule has 1 aromatic rings. The van der Waals surface area contributed by atoms with Gasteiger partial charge in [0.25, 0.3) is 0 Å². The second-order valence-corrected chi connectivity index (χ2v) is 8.20. The molecule has 0 N–H and O–H groups in total. The molecule has 0 aliphatic heterocycles. The van der Waals surface area contributed by atoms with Gasteiger partial charge >= 0.3 is 6.18 Å². The van der Waals surface area contributed by atoms with Crippen molar-refractivity contribution in [3.63, 3.8) is 0 Å². The topological polar surface area (TPSA) is 33.0 Å². The Balaban J connectivity index is 1.38. The van der Waals surface area contributed by atoms with Gasteiger partial charge in [-0.05, 0) is 86.8 Å². The molecule has 0 radical (unpaired) electrons. The molecule has 0 unspecified atom stereocenters. The van der Waals surface area contributed by atoms with E-state index < -0.39 is 11.7 Å². The second kappa shape index (κ2) is 9.60. The average molecular weight is 391 g/mol. The van der Waals surface area contributed by atoms with E-state index in [4.69, 9.17) is 10.00 Å². The monoisotopic (exact) mass is 391 g/mol. The van der Waals surface area contributed by atoms with Crippen molar-refractivity contribution in [1.82, 2.24) is 0 Å². The zero-order valence-corrected chi connectivity index (χ0v) is 16.1. The average Bonchev–Trinajstić information content (AvgIpc) is 2.71. The summed E-state index contributed by atoms with van der Waals surface area (Å²) in [6.07, 6.45) is 8.11. The number of ether oxygens (including phenoxy) is 1. The van der Waals surface area contributed by atoms with Crippen molar-refractivity contribution in [2.75, 3.05) is 6.61 Å². The molecule has 2 saturated carbocycles. The first kappa shape index (κ1) is 20.9. The van der Waals surface area contributed by atoms with Crippen LogP contribution >= 0.6 is 0 Å². The summed E-state index contributed by atoms with van der Waals surface area (Å²) in [6, 6.07) is 7.72. The van der Waals surface area contributed by atoms with Crippen LogP contribution in [-0.2, 0) is 10.9 Å². The minimum absolute atomic E-state index is 0.280. The maximum atomic E-state index is 12.7. The van der Waals surface area contributed by atoms with E-state index in [-0.39, 0.29) is 6.10 Å². The van der Waals surface area contributed by atoms with Gasteiger partial charge in [0.05, 0.1) is 17.7 Å². The highest BCUT2D eigenvalue weighted by atomic mass is 19.4. The van der Waals surface area contributed by atoms with Crippen molar-refractivity contribution in [3.05, 3.63) is 47.5 Å². The van der Waals surface area contributed by atoms with Crippen LogP contribution in [0.25, 0.3) is 0 Å². The van der Waals surface area contributed by atoms with Gasteiger partial charge in [0.2, 0.25) is 0 Å². The van der Waals surface area contributed by atoms with Crippen LogP contribution in [0, 0.1) is 23.2 Å². The summed E-state index contributed by atoms with van der Waals surface area (Å²) >= 11 is 0. The molecular formula is C23H28F3NO. The summed E-state index contributed by atoms with van der Waals surface area (Å²) < 4.78 is 44.3. The number of benzene rings is 1. The van der Waals surface area contributed by atoms with E-state index in [0.717, 1.165) is 63.5 Å². The number of allylic oxidation sites excluding steroid dienone is 2. The zero-order valence-electron chi connectivity index (χ0n) is 16.1. The van der Waals surface area contributed by atoms with Crippen LogP contribution in [0.3, 0.4) is 0 Å².